The molecule has 3 aromatic rings. The van der Waals surface area contributed by atoms with E-state index in [1.54, 1.807) is 7.11 Å². The molecule has 0 amide bonds. The fourth-order valence-electron chi connectivity index (χ4n) is 4.51. The molecule has 1 fully saturated rings. The molecule has 1 spiro atoms. The number of benzene rings is 2. The first-order valence-corrected chi connectivity index (χ1v) is 10.2. The first-order chi connectivity index (χ1) is 14.1. The summed E-state index contributed by atoms with van der Waals surface area (Å²) in [6.07, 6.45) is 3.04. The van der Waals surface area contributed by atoms with Gasteiger partial charge in [-0.1, -0.05) is 42.0 Å². The molecule has 1 aromatic heterocycles. The van der Waals surface area contributed by atoms with E-state index in [9.17, 15) is 0 Å². The Morgan fingerprint density at radius 2 is 1.86 bits per heavy atom. The zero-order valence-electron chi connectivity index (χ0n) is 17.1. The summed E-state index contributed by atoms with van der Waals surface area (Å²) in [7, 11) is 1.70. The van der Waals surface area contributed by atoms with Gasteiger partial charge in [0.1, 0.15) is 23.8 Å². The molecule has 5 heteroatoms. The highest BCUT2D eigenvalue weighted by atomic mass is 16.5. The van der Waals surface area contributed by atoms with E-state index in [0.717, 1.165) is 44.2 Å². The maximum atomic E-state index is 6.38. The Hall–Kier alpha value is -2.63. The zero-order chi connectivity index (χ0) is 19.8. The Morgan fingerprint density at radius 1 is 1.07 bits per heavy atom. The Labute approximate surface area is 171 Å². The molecule has 0 aliphatic carbocycles. The lowest BCUT2D eigenvalue weighted by molar-refractivity contribution is -0.0821. The molecule has 5 rings (SSSR count). The number of rotatable bonds is 4. The van der Waals surface area contributed by atoms with E-state index in [-0.39, 0.29) is 5.60 Å². The van der Waals surface area contributed by atoms with Gasteiger partial charge in [-0.25, -0.2) is 4.98 Å². The minimum Gasteiger partial charge on any atom is -0.497 e. The lowest BCUT2D eigenvalue weighted by Crippen LogP contribution is -2.44. The molecule has 0 bridgehead atoms. The maximum Gasteiger partial charge on any atom is 0.135 e. The maximum absolute atomic E-state index is 6.38. The molecule has 29 heavy (non-hydrogen) atoms. The number of imidazole rings is 1. The van der Waals surface area contributed by atoms with Crippen molar-refractivity contribution < 1.29 is 9.47 Å². The predicted octanol–water partition coefficient (Wildman–Crippen LogP) is 4.04. The number of aryl methyl sites for hydroxylation is 1. The topological polar surface area (TPSA) is 39.5 Å². The molecular weight excluding hydrogens is 362 g/mol. The molecular formula is C24H27N3O2. The molecule has 0 saturated carbocycles. The molecule has 0 N–H and O–H groups in total. The molecule has 2 aliphatic heterocycles. The van der Waals surface area contributed by atoms with Crippen LogP contribution in [0, 0.1) is 6.92 Å². The zero-order valence-corrected chi connectivity index (χ0v) is 17.1. The van der Waals surface area contributed by atoms with Gasteiger partial charge >= 0.3 is 0 Å². The van der Waals surface area contributed by atoms with E-state index in [1.807, 2.05) is 18.3 Å². The van der Waals surface area contributed by atoms with E-state index in [4.69, 9.17) is 9.47 Å². The number of hydrogen-bond donors (Lipinski definition) is 0. The van der Waals surface area contributed by atoms with Gasteiger partial charge in [0.2, 0.25) is 0 Å². The van der Waals surface area contributed by atoms with E-state index >= 15 is 0 Å². The van der Waals surface area contributed by atoms with Gasteiger partial charge in [-0.3, -0.25) is 4.90 Å². The highest BCUT2D eigenvalue weighted by Gasteiger charge is 2.43. The molecule has 1 atom stereocenters. The average molecular weight is 389 g/mol. The predicted molar refractivity (Wildman–Crippen MR) is 113 cm³/mol. The van der Waals surface area contributed by atoms with Gasteiger partial charge < -0.3 is 14.0 Å². The van der Waals surface area contributed by atoms with Crippen LogP contribution in [0.5, 0.6) is 5.75 Å². The van der Waals surface area contributed by atoms with E-state index in [1.165, 1.54) is 22.4 Å². The summed E-state index contributed by atoms with van der Waals surface area (Å²) in [6, 6.07) is 17.1. The van der Waals surface area contributed by atoms with Crippen molar-refractivity contribution in [1.29, 1.82) is 0 Å². The van der Waals surface area contributed by atoms with E-state index in [0.29, 0.717) is 6.61 Å². The van der Waals surface area contributed by atoms with Crippen molar-refractivity contribution in [3.05, 3.63) is 71.7 Å². The highest BCUT2D eigenvalue weighted by Crippen LogP contribution is 2.35. The summed E-state index contributed by atoms with van der Waals surface area (Å²) in [4.78, 5) is 7.12. The smallest absolute Gasteiger partial charge is 0.135 e. The number of nitrogens with zero attached hydrogens (tertiary/aromatic N) is 3. The second-order valence-corrected chi connectivity index (χ2v) is 8.29. The van der Waals surface area contributed by atoms with Gasteiger partial charge in [-0.2, -0.15) is 0 Å². The largest absolute Gasteiger partial charge is 0.497 e. The van der Waals surface area contributed by atoms with Crippen LogP contribution in [0.1, 0.15) is 23.4 Å². The molecule has 5 nitrogen and oxygen atoms in total. The highest BCUT2D eigenvalue weighted by molar-refractivity contribution is 5.60. The number of likely N-dealkylation sites (tertiary alicyclic amines) is 1. The van der Waals surface area contributed by atoms with Crippen LogP contribution < -0.4 is 4.74 Å². The van der Waals surface area contributed by atoms with Crippen molar-refractivity contribution in [2.45, 2.75) is 38.6 Å². The quantitative estimate of drug-likeness (QED) is 0.675. The van der Waals surface area contributed by atoms with Crippen LogP contribution >= 0.6 is 0 Å². The van der Waals surface area contributed by atoms with Crippen molar-refractivity contribution in [2.24, 2.45) is 0 Å². The van der Waals surface area contributed by atoms with Crippen molar-refractivity contribution in [2.75, 3.05) is 20.2 Å². The number of fused-ring (bicyclic) bond motifs is 1. The third kappa shape index (κ3) is 3.56. The summed E-state index contributed by atoms with van der Waals surface area (Å²) < 4.78 is 14.0. The Morgan fingerprint density at radius 3 is 2.62 bits per heavy atom. The van der Waals surface area contributed by atoms with Gasteiger partial charge in [0.25, 0.3) is 0 Å². The number of methoxy groups -OCH3 is 1. The van der Waals surface area contributed by atoms with Gasteiger partial charge in [0, 0.05) is 19.6 Å². The minimum atomic E-state index is -0.125. The summed E-state index contributed by atoms with van der Waals surface area (Å²) in [5, 5.41) is 0. The molecule has 2 aromatic carbocycles. The molecule has 0 unspecified atom stereocenters. The average Bonchev–Trinajstić information content (AvgIpc) is 3.33. The molecule has 3 heterocycles. The Balaban J connectivity index is 1.32. The molecule has 1 saturated heterocycles. The van der Waals surface area contributed by atoms with E-state index in [2.05, 4.69) is 57.8 Å². The van der Waals surface area contributed by atoms with Gasteiger partial charge in [0.05, 0.1) is 25.5 Å². The van der Waals surface area contributed by atoms with Crippen LogP contribution in [-0.2, 0) is 24.4 Å². The minimum absolute atomic E-state index is 0.125. The van der Waals surface area contributed by atoms with Crippen LogP contribution in [0.3, 0.4) is 0 Å². The second-order valence-electron chi connectivity index (χ2n) is 8.29. The number of hydrogen-bond acceptors (Lipinski definition) is 4. The van der Waals surface area contributed by atoms with Crippen molar-refractivity contribution in [3.8, 4) is 17.0 Å². The molecule has 0 radical (unpaired) electrons. The fourth-order valence-corrected chi connectivity index (χ4v) is 4.51. The van der Waals surface area contributed by atoms with Crippen LogP contribution in [-0.4, -0.2) is 40.3 Å². The number of ether oxygens (including phenoxy) is 2. The lowest BCUT2D eigenvalue weighted by atomic mass is 10.0. The van der Waals surface area contributed by atoms with Crippen molar-refractivity contribution in [3.63, 3.8) is 0 Å². The second kappa shape index (κ2) is 7.32. The van der Waals surface area contributed by atoms with Gasteiger partial charge in [0.15, 0.2) is 0 Å². The summed E-state index contributed by atoms with van der Waals surface area (Å²) >= 11 is 0. The Kier molecular flexibility index (Phi) is 4.64. The summed E-state index contributed by atoms with van der Waals surface area (Å²) in [5.41, 5.74) is 4.87. The van der Waals surface area contributed by atoms with Crippen LogP contribution in [0.4, 0.5) is 0 Å². The van der Waals surface area contributed by atoms with Crippen LogP contribution in [0.25, 0.3) is 11.3 Å². The molecule has 150 valence electrons. The third-order valence-corrected chi connectivity index (χ3v) is 6.20. The van der Waals surface area contributed by atoms with Crippen molar-refractivity contribution in [1.82, 2.24) is 14.5 Å². The normalized spacial score (nSPS) is 21.4. The Bertz CT molecular complexity index is 994. The fraction of sp³-hybridized carbons (Fsp3) is 0.375. The third-order valence-electron chi connectivity index (χ3n) is 6.20. The lowest BCUT2D eigenvalue weighted by Gasteiger charge is -2.35. The summed E-state index contributed by atoms with van der Waals surface area (Å²) in [6.45, 7) is 6.51. The number of aromatic nitrogens is 2. The van der Waals surface area contributed by atoms with Gasteiger partial charge in [-0.05, 0) is 36.6 Å². The standard InChI is InChI=1S/C24H27N3O2/c1-18-3-7-20(8-4-18)22-13-25-23-15-29-24(17-27(22)23)11-12-26(16-24)14-19-5-9-21(28-2)10-6-19/h3-10,13H,11-12,14-17H2,1-2H3/t24-/m0/s1. The van der Waals surface area contributed by atoms with Crippen LogP contribution in [0.2, 0.25) is 0 Å². The van der Waals surface area contributed by atoms with Crippen LogP contribution in [0.15, 0.2) is 54.7 Å². The first kappa shape index (κ1) is 18.4. The van der Waals surface area contributed by atoms with Crippen molar-refractivity contribution >= 4 is 0 Å². The first-order valence-electron chi connectivity index (χ1n) is 10.2. The van der Waals surface area contributed by atoms with E-state index < -0.39 is 0 Å². The van der Waals surface area contributed by atoms with Gasteiger partial charge in [-0.15, -0.1) is 0 Å². The summed E-state index contributed by atoms with van der Waals surface area (Å²) in [5.74, 6) is 1.93. The SMILES string of the molecule is COc1ccc(CN2CC[C@]3(C2)Cn2c(-c4ccc(C)cc4)cnc2CO3)cc1. The monoisotopic (exact) mass is 389 g/mol. The molecule has 2 aliphatic rings.